The first kappa shape index (κ1) is 18.0. The Bertz CT molecular complexity index is 296. The van der Waals surface area contributed by atoms with Gasteiger partial charge in [0.05, 0.1) is 12.5 Å². The fourth-order valence-electron chi connectivity index (χ4n) is 1.08. The minimum atomic E-state index is -1.14. The molecule has 2 unspecified atom stereocenters. The molecule has 100 valence electrons. The van der Waals surface area contributed by atoms with Crippen LogP contribution in [0, 0.1) is 5.92 Å². The number of carbonyl (C=O) groups is 3. The van der Waals surface area contributed by atoms with E-state index in [0.29, 0.717) is 0 Å². The van der Waals surface area contributed by atoms with Gasteiger partial charge in [-0.05, 0) is 5.92 Å². The van der Waals surface area contributed by atoms with Crippen LogP contribution in [0.4, 0.5) is 0 Å². The van der Waals surface area contributed by atoms with Crippen LogP contribution < -0.4 is 16.8 Å². The highest BCUT2D eigenvalue weighted by Gasteiger charge is 2.26. The van der Waals surface area contributed by atoms with E-state index in [9.17, 15) is 14.4 Å². The van der Waals surface area contributed by atoms with Crippen LogP contribution in [-0.2, 0) is 14.4 Å². The number of carboxylic acid groups (broad SMARTS) is 1. The van der Waals surface area contributed by atoms with Gasteiger partial charge in [-0.2, -0.15) is 0 Å². The van der Waals surface area contributed by atoms with Gasteiger partial charge in [-0.15, -0.1) is 12.4 Å². The first-order valence-corrected chi connectivity index (χ1v) is 4.82. The van der Waals surface area contributed by atoms with E-state index in [0.717, 1.165) is 0 Å². The van der Waals surface area contributed by atoms with Gasteiger partial charge in [0.25, 0.3) is 0 Å². The van der Waals surface area contributed by atoms with Crippen molar-refractivity contribution in [2.45, 2.75) is 32.4 Å². The topological polar surface area (TPSA) is 136 Å². The molecule has 0 aromatic rings. The summed E-state index contributed by atoms with van der Waals surface area (Å²) >= 11 is 0. The molecule has 2 amide bonds. The zero-order chi connectivity index (χ0) is 12.9. The number of hydrogen-bond donors (Lipinski definition) is 4. The van der Waals surface area contributed by atoms with Gasteiger partial charge in [-0.3, -0.25) is 9.59 Å². The number of hydrogen-bond acceptors (Lipinski definition) is 4. The van der Waals surface area contributed by atoms with E-state index in [1.165, 1.54) is 0 Å². The second-order valence-electron chi connectivity index (χ2n) is 3.85. The maximum absolute atomic E-state index is 11.4. The van der Waals surface area contributed by atoms with Gasteiger partial charge >= 0.3 is 5.97 Å². The molecule has 0 bridgehead atoms. The molecular weight excluding hydrogens is 250 g/mol. The lowest BCUT2D eigenvalue weighted by Crippen LogP contribution is -2.51. The summed E-state index contributed by atoms with van der Waals surface area (Å²) in [5, 5.41) is 11.1. The highest BCUT2D eigenvalue weighted by molar-refractivity contribution is 5.90. The normalized spacial score (nSPS) is 13.4. The monoisotopic (exact) mass is 267 g/mol. The smallest absolute Gasteiger partial charge is 0.326 e. The number of nitrogens with one attached hydrogen (secondary N) is 1. The van der Waals surface area contributed by atoms with E-state index >= 15 is 0 Å². The third kappa shape index (κ3) is 6.75. The largest absolute Gasteiger partial charge is 0.480 e. The van der Waals surface area contributed by atoms with Crippen molar-refractivity contribution in [3.63, 3.8) is 0 Å². The summed E-state index contributed by atoms with van der Waals surface area (Å²) in [7, 11) is 0. The zero-order valence-corrected chi connectivity index (χ0v) is 10.5. The Balaban J connectivity index is 0. The lowest BCUT2D eigenvalue weighted by atomic mass is 10.0. The van der Waals surface area contributed by atoms with Crippen molar-refractivity contribution in [3.8, 4) is 0 Å². The van der Waals surface area contributed by atoms with Crippen molar-refractivity contribution in [1.29, 1.82) is 0 Å². The van der Waals surface area contributed by atoms with E-state index in [-0.39, 0.29) is 24.7 Å². The molecule has 0 saturated heterocycles. The lowest BCUT2D eigenvalue weighted by molar-refractivity contribution is -0.143. The van der Waals surface area contributed by atoms with Crippen molar-refractivity contribution in [2.24, 2.45) is 17.4 Å². The van der Waals surface area contributed by atoms with E-state index in [4.69, 9.17) is 16.6 Å². The fraction of sp³-hybridized carbons (Fsp3) is 0.667. The van der Waals surface area contributed by atoms with Crippen LogP contribution in [0.15, 0.2) is 0 Å². The predicted octanol–water partition coefficient (Wildman–Crippen LogP) is -1.16. The maximum atomic E-state index is 11.4. The Labute approximate surface area is 105 Å². The minimum Gasteiger partial charge on any atom is -0.480 e. The average Bonchev–Trinajstić information content (AvgIpc) is 2.11. The summed E-state index contributed by atoms with van der Waals surface area (Å²) in [4.78, 5) is 32.7. The number of primary amides is 1. The molecule has 0 aliphatic heterocycles. The molecule has 0 saturated carbocycles. The molecule has 0 aliphatic rings. The molecular formula is C9H18ClN3O4. The van der Waals surface area contributed by atoms with E-state index < -0.39 is 29.9 Å². The average molecular weight is 268 g/mol. The molecule has 0 spiro atoms. The summed E-state index contributed by atoms with van der Waals surface area (Å²) in [6.07, 6.45) is -0.309. The molecule has 8 heteroatoms. The summed E-state index contributed by atoms with van der Waals surface area (Å²) in [6, 6.07) is -2.13. The molecule has 0 heterocycles. The van der Waals surface area contributed by atoms with Gasteiger partial charge in [0, 0.05) is 0 Å². The number of carboxylic acids is 1. The van der Waals surface area contributed by atoms with Gasteiger partial charge < -0.3 is 21.9 Å². The summed E-state index contributed by atoms with van der Waals surface area (Å²) in [5.74, 6) is -2.82. The molecule has 6 N–H and O–H groups in total. The molecule has 0 aliphatic carbocycles. The van der Waals surface area contributed by atoms with Crippen LogP contribution in [0.3, 0.4) is 0 Å². The number of nitrogens with two attached hydrogens (primary N) is 2. The van der Waals surface area contributed by atoms with Crippen LogP contribution >= 0.6 is 12.4 Å². The first-order chi connectivity index (χ1) is 7.25. The first-order valence-electron chi connectivity index (χ1n) is 4.82. The van der Waals surface area contributed by atoms with Gasteiger partial charge in [0.15, 0.2) is 0 Å². The standard InChI is InChI=1S/C9H17N3O4.ClH/c1-4(2)7(9(15)16)12-8(14)5(10)3-6(11)13;/h4-5,7H,3,10H2,1-2H3,(H2,11,13)(H,12,14)(H,15,16);1H. The molecule has 17 heavy (non-hydrogen) atoms. The van der Waals surface area contributed by atoms with Gasteiger partial charge in [0.2, 0.25) is 11.8 Å². The Morgan fingerprint density at radius 1 is 1.29 bits per heavy atom. The van der Waals surface area contributed by atoms with Gasteiger partial charge in [0.1, 0.15) is 6.04 Å². The van der Waals surface area contributed by atoms with Crippen molar-refractivity contribution in [1.82, 2.24) is 5.32 Å². The minimum absolute atomic E-state index is 0. The van der Waals surface area contributed by atoms with Crippen molar-refractivity contribution < 1.29 is 19.5 Å². The second-order valence-corrected chi connectivity index (χ2v) is 3.85. The molecule has 7 nitrogen and oxygen atoms in total. The number of amides is 2. The van der Waals surface area contributed by atoms with Gasteiger partial charge in [-0.1, -0.05) is 13.8 Å². The van der Waals surface area contributed by atoms with E-state index in [1.807, 2.05) is 0 Å². The number of rotatable bonds is 6. The lowest BCUT2D eigenvalue weighted by Gasteiger charge is -2.19. The SMILES string of the molecule is CC(C)C(NC(=O)C(N)CC(N)=O)C(=O)O.Cl. The molecule has 0 aromatic carbocycles. The summed E-state index contributed by atoms with van der Waals surface area (Å²) in [5.41, 5.74) is 10.2. The molecule has 0 aromatic heterocycles. The fourth-order valence-corrected chi connectivity index (χ4v) is 1.08. The van der Waals surface area contributed by atoms with Crippen LogP contribution in [0.1, 0.15) is 20.3 Å². The molecule has 0 rings (SSSR count). The van der Waals surface area contributed by atoms with Gasteiger partial charge in [-0.25, -0.2) is 4.79 Å². The highest BCUT2D eigenvalue weighted by atomic mass is 35.5. The summed E-state index contributed by atoms with van der Waals surface area (Å²) < 4.78 is 0. The predicted molar refractivity (Wildman–Crippen MR) is 63.4 cm³/mol. The third-order valence-electron chi connectivity index (χ3n) is 1.99. The van der Waals surface area contributed by atoms with Crippen LogP contribution in [0.5, 0.6) is 0 Å². The summed E-state index contributed by atoms with van der Waals surface area (Å²) in [6.45, 7) is 3.30. The Hall–Kier alpha value is -1.34. The number of carbonyl (C=O) groups excluding carboxylic acids is 2. The maximum Gasteiger partial charge on any atom is 0.326 e. The van der Waals surface area contributed by atoms with Crippen LogP contribution in [-0.4, -0.2) is 35.0 Å². The molecule has 2 atom stereocenters. The van der Waals surface area contributed by atoms with Crippen molar-refractivity contribution in [3.05, 3.63) is 0 Å². The number of aliphatic carboxylic acids is 1. The van der Waals surface area contributed by atoms with Crippen LogP contribution in [0.2, 0.25) is 0 Å². The Kier molecular flexibility index (Phi) is 8.34. The quantitative estimate of drug-likeness (QED) is 0.481. The van der Waals surface area contributed by atoms with E-state index in [1.54, 1.807) is 13.8 Å². The molecule has 0 radical (unpaired) electrons. The third-order valence-corrected chi connectivity index (χ3v) is 1.99. The zero-order valence-electron chi connectivity index (χ0n) is 9.67. The van der Waals surface area contributed by atoms with Crippen molar-refractivity contribution >= 4 is 30.2 Å². The van der Waals surface area contributed by atoms with Crippen LogP contribution in [0.25, 0.3) is 0 Å². The molecule has 0 fully saturated rings. The second kappa shape index (κ2) is 7.86. The Morgan fingerprint density at radius 3 is 2.06 bits per heavy atom. The number of halogens is 1. The Morgan fingerprint density at radius 2 is 1.76 bits per heavy atom. The highest BCUT2D eigenvalue weighted by Crippen LogP contribution is 2.02. The van der Waals surface area contributed by atoms with Crippen molar-refractivity contribution in [2.75, 3.05) is 0 Å². The van der Waals surface area contributed by atoms with E-state index in [2.05, 4.69) is 5.32 Å².